The van der Waals surface area contributed by atoms with E-state index in [2.05, 4.69) is 9.72 Å². The first-order chi connectivity index (χ1) is 8.22. The first kappa shape index (κ1) is 11.9. The number of carbonyl (C=O) groups excluding carboxylic acids is 1. The minimum atomic E-state index is -0.495. The Morgan fingerprint density at radius 3 is 3.24 bits per heavy atom. The van der Waals surface area contributed by atoms with Gasteiger partial charge in [0.05, 0.1) is 13.4 Å². The summed E-state index contributed by atoms with van der Waals surface area (Å²) in [6.07, 6.45) is 3.66. The first-order valence-corrected chi connectivity index (χ1v) is 5.69. The number of nitrogen functional groups attached to an aromatic ring is 1. The number of aryl methyl sites for hydroxylation is 1. The van der Waals surface area contributed by atoms with Crippen LogP contribution in [0.5, 0.6) is 0 Å². The molecule has 6 heteroatoms. The van der Waals surface area contributed by atoms with Gasteiger partial charge in [-0.25, -0.2) is 9.78 Å². The zero-order valence-corrected chi connectivity index (χ0v) is 9.89. The number of carbonyl (C=O) groups is 1. The van der Waals surface area contributed by atoms with Crippen molar-refractivity contribution in [3.05, 3.63) is 12.0 Å². The second kappa shape index (κ2) is 5.18. The van der Waals surface area contributed by atoms with Crippen LogP contribution in [0.1, 0.15) is 23.3 Å². The highest BCUT2D eigenvalue weighted by atomic mass is 16.5. The molecule has 1 aliphatic rings. The van der Waals surface area contributed by atoms with Crippen LogP contribution in [0, 0.1) is 5.92 Å². The van der Waals surface area contributed by atoms with Gasteiger partial charge in [-0.2, -0.15) is 0 Å². The van der Waals surface area contributed by atoms with Crippen LogP contribution in [0.2, 0.25) is 0 Å². The number of rotatable bonds is 4. The Hall–Kier alpha value is -1.56. The molecule has 0 amide bonds. The van der Waals surface area contributed by atoms with E-state index in [1.807, 2.05) is 0 Å². The molecule has 6 nitrogen and oxygen atoms in total. The van der Waals surface area contributed by atoms with Crippen molar-refractivity contribution >= 4 is 11.8 Å². The van der Waals surface area contributed by atoms with E-state index in [1.165, 1.54) is 7.11 Å². The lowest BCUT2D eigenvalue weighted by Gasteiger charge is -2.09. The lowest BCUT2D eigenvalue weighted by atomic mass is 10.1. The first-order valence-electron chi connectivity index (χ1n) is 5.69. The molecule has 0 radical (unpaired) electrons. The van der Waals surface area contributed by atoms with E-state index in [0.717, 1.165) is 32.6 Å². The minimum absolute atomic E-state index is 0.190. The van der Waals surface area contributed by atoms with Crippen LogP contribution in [-0.4, -0.2) is 35.8 Å². The molecule has 2 rings (SSSR count). The monoisotopic (exact) mass is 239 g/mol. The Labute approximate surface area is 99.7 Å². The third kappa shape index (κ3) is 2.58. The summed E-state index contributed by atoms with van der Waals surface area (Å²) in [5, 5.41) is 0. The van der Waals surface area contributed by atoms with Crippen molar-refractivity contribution in [1.82, 2.24) is 9.55 Å². The molecular weight excluding hydrogens is 222 g/mol. The van der Waals surface area contributed by atoms with Crippen LogP contribution in [0.25, 0.3) is 0 Å². The molecule has 1 aromatic heterocycles. The van der Waals surface area contributed by atoms with Crippen molar-refractivity contribution < 1.29 is 14.3 Å². The maximum absolute atomic E-state index is 11.3. The van der Waals surface area contributed by atoms with Gasteiger partial charge in [0, 0.05) is 19.8 Å². The molecule has 0 aromatic carbocycles. The maximum atomic E-state index is 11.3. The van der Waals surface area contributed by atoms with Gasteiger partial charge in [-0.1, -0.05) is 0 Å². The molecular formula is C11H17N3O3. The van der Waals surface area contributed by atoms with E-state index >= 15 is 0 Å². The molecule has 0 aliphatic carbocycles. The van der Waals surface area contributed by atoms with E-state index in [4.69, 9.17) is 10.5 Å². The smallest absolute Gasteiger partial charge is 0.360 e. The largest absolute Gasteiger partial charge is 0.464 e. The van der Waals surface area contributed by atoms with Crippen molar-refractivity contribution in [2.24, 2.45) is 5.92 Å². The standard InChI is InChI=1S/C11H17N3O3/c1-16-11(15)9-10(12)14(7-13-9)4-2-8-3-5-17-6-8/h7-8H,2-6,12H2,1H3. The zero-order chi connectivity index (χ0) is 12.3. The van der Waals surface area contributed by atoms with Gasteiger partial charge in [0.1, 0.15) is 5.82 Å². The second-order valence-corrected chi connectivity index (χ2v) is 4.18. The minimum Gasteiger partial charge on any atom is -0.464 e. The van der Waals surface area contributed by atoms with E-state index in [0.29, 0.717) is 11.7 Å². The Morgan fingerprint density at radius 1 is 1.76 bits per heavy atom. The molecule has 0 spiro atoms. The number of anilines is 1. The number of esters is 1. The predicted octanol–water partition coefficient (Wildman–Crippen LogP) is 0.679. The average Bonchev–Trinajstić information content (AvgIpc) is 2.95. The van der Waals surface area contributed by atoms with Gasteiger partial charge >= 0.3 is 5.97 Å². The summed E-state index contributed by atoms with van der Waals surface area (Å²) in [7, 11) is 1.32. The number of imidazole rings is 1. The second-order valence-electron chi connectivity index (χ2n) is 4.18. The molecule has 1 saturated heterocycles. The van der Waals surface area contributed by atoms with Gasteiger partial charge in [-0.3, -0.25) is 0 Å². The van der Waals surface area contributed by atoms with Gasteiger partial charge in [0.2, 0.25) is 0 Å². The SMILES string of the molecule is COC(=O)c1ncn(CCC2CCOC2)c1N. The lowest BCUT2D eigenvalue weighted by Crippen LogP contribution is -2.10. The fraction of sp³-hybridized carbons (Fsp3) is 0.636. The van der Waals surface area contributed by atoms with Crippen LogP contribution in [-0.2, 0) is 16.0 Å². The van der Waals surface area contributed by atoms with Crippen LogP contribution in [0.15, 0.2) is 6.33 Å². The molecule has 2 heterocycles. The topological polar surface area (TPSA) is 79.4 Å². The Balaban J connectivity index is 1.96. The number of hydrogen-bond donors (Lipinski definition) is 1. The van der Waals surface area contributed by atoms with Crippen molar-refractivity contribution in [3.8, 4) is 0 Å². The summed E-state index contributed by atoms with van der Waals surface area (Å²) in [5.41, 5.74) is 6.02. The quantitative estimate of drug-likeness (QED) is 0.781. The molecule has 1 atom stereocenters. The lowest BCUT2D eigenvalue weighted by molar-refractivity contribution is 0.0596. The summed E-state index contributed by atoms with van der Waals surface area (Å²) in [6, 6.07) is 0. The fourth-order valence-electron chi connectivity index (χ4n) is 1.96. The fourth-order valence-corrected chi connectivity index (χ4v) is 1.96. The summed E-state index contributed by atoms with van der Waals surface area (Å²) in [6.45, 7) is 2.42. The normalized spacial score (nSPS) is 19.5. The molecule has 17 heavy (non-hydrogen) atoms. The van der Waals surface area contributed by atoms with Gasteiger partial charge in [0.25, 0.3) is 0 Å². The number of aromatic nitrogens is 2. The number of hydrogen-bond acceptors (Lipinski definition) is 5. The Bertz CT molecular complexity index is 397. The number of nitrogens with two attached hydrogens (primary N) is 1. The third-order valence-corrected chi connectivity index (χ3v) is 3.06. The van der Waals surface area contributed by atoms with Crippen LogP contribution < -0.4 is 5.73 Å². The number of ether oxygens (including phenoxy) is 2. The van der Waals surface area contributed by atoms with Crippen molar-refractivity contribution in [2.75, 3.05) is 26.1 Å². The van der Waals surface area contributed by atoms with Gasteiger partial charge < -0.3 is 19.8 Å². The summed E-state index contributed by atoms with van der Waals surface area (Å²) in [5.74, 6) is 0.458. The summed E-state index contributed by atoms with van der Waals surface area (Å²) in [4.78, 5) is 15.3. The Morgan fingerprint density at radius 2 is 2.59 bits per heavy atom. The highest BCUT2D eigenvalue weighted by Gasteiger charge is 2.18. The van der Waals surface area contributed by atoms with Crippen molar-refractivity contribution in [3.63, 3.8) is 0 Å². The highest BCUT2D eigenvalue weighted by molar-refractivity contribution is 5.91. The molecule has 1 aliphatic heterocycles. The van der Waals surface area contributed by atoms with Crippen molar-refractivity contribution in [1.29, 1.82) is 0 Å². The Kier molecular flexibility index (Phi) is 3.63. The third-order valence-electron chi connectivity index (χ3n) is 3.06. The van der Waals surface area contributed by atoms with E-state index in [-0.39, 0.29) is 5.69 Å². The molecule has 1 aromatic rings. The molecule has 0 bridgehead atoms. The maximum Gasteiger partial charge on any atom is 0.360 e. The van der Waals surface area contributed by atoms with E-state index in [9.17, 15) is 4.79 Å². The summed E-state index contributed by atoms with van der Waals surface area (Å²) < 4.78 is 11.7. The number of methoxy groups -OCH3 is 1. The predicted molar refractivity (Wildman–Crippen MR) is 61.5 cm³/mol. The van der Waals surface area contributed by atoms with Gasteiger partial charge in [-0.05, 0) is 18.8 Å². The van der Waals surface area contributed by atoms with Gasteiger partial charge in [0.15, 0.2) is 5.69 Å². The highest BCUT2D eigenvalue weighted by Crippen LogP contribution is 2.19. The van der Waals surface area contributed by atoms with Crippen molar-refractivity contribution in [2.45, 2.75) is 19.4 Å². The average molecular weight is 239 g/mol. The van der Waals surface area contributed by atoms with E-state index in [1.54, 1.807) is 10.9 Å². The molecule has 2 N–H and O–H groups in total. The van der Waals surface area contributed by atoms with E-state index < -0.39 is 5.97 Å². The summed E-state index contributed by atoms with van der Waals surface area (Å²) >= 11 is 0. The molecule has 1 unspecified atom stereocenters. The molecule has 0 saturated carbocycles. The van der Waals surface area contributed by atoms with Crippen LogP contribution in [0.3, 0.4) is 0 Å². The molecule has 1 fully saturated rings. The van der Waals surface area contributed by atoms with Crippen LogP contribution >= 0.6 is 0 Å². The van der Waals surface area contributed by atoms with Gasteiger partial charge in [-0.15, -0.1) is 0 Å². The number of nitrogens with zero attached hydrogens (tertiary/aromatic N) is 2. The zero-order valence-electron chi connectivity index (χ0n) is 9.89. The van der Waals surface area contributed by atoms with Crippen LogP contribution in [0.4, 0.5) is 5.82 Å². The molecule has 94 valence electrons.